The van der Waals surface area contributed by atoms with Gasteiger partial charge in [0.2, 0.25) is 0 Å². The number of carbonyl (C=O) groups is 2. The minimum atomic E-state index is -0.506. The quantitative estimate of drug-likeness (QED) is 0.662. The van der Waals surface area contributed by atoms with Crippen molar-refractivity contribution in [3.05, 3.63) is 59.7 Å². The van der Waals surface area contributed by atoms with Crippen LogP contribution in [-0.4, -0.2) is 45.2 Å². The van der Waals surface area contributed by atoms with Crippen LogP contribution < -0.4 is 0 Å². The predicted octanol–water partition coefficient (Wildman–Crippen LogP) is 2.37. The summed E-state index contributed by atoms with van der Waals surface area (Å²) < 4.78 is 12.1. The number of hydrogen-bond acceptors (Lipinski definition) is 6. The number of benzene rings is 1. The molecule has 1 amide bonds. The minimum Gasteiger partial charge on any atom is -0.464 e. The molecule has 0 unspecified atom stereocenters. The monoisotopic (exact) mass is 366 g/mol. The second kappa shape index (κ2) is 7.06. The number of carbonyl (C=O) groups excluding carboxylic acids is 2. The van der Waals surface area contributed by atoms with Crippen LogP contribution in [0.2, 0.25) is 0 Å². The first-order valence-electron chi connectivity index (χ1n) is 8.55. The van der Waals surface area contributed by atoms with E-state index in [-0.39, 0.29) is 18.4 Å². The number of imidazole rings is 1. The van der Waals surface area contributed by atoms with E-state index in [2.05, 4.69) is 9.97 Å². The summed E-state index contributed by atoms with van der Waals surface area (Å²) in [6, 6.07) is 11.2. The topological polar surface area (TPSA) is 86.5 Å². The third kappa shape index (κ3) is 3.33. The average Bonchev–Trinajstić information content (AvgIpc) is 3.09. The van der Waals surface area contributed by atoms with E-state index in [0.717, 1.165) is 16.9 Å². The van der Waals surface area contributed by atoms with Crippen molar-refractivity contribution in [1.82, 2.24) is 19.4 Å². The van der Waals surface area contributed by atoms with Crippen LogP contribution in [0, 0.1) is 0 Å². The van der Waals surface area contributed by atoms with Gasteiger partial charge in [-0.1, -0.05) is 30.3 Å². The maximum Gasteiger partial charge on any atom is 0.410 e. The zero-order valence-corrected chi connectivity index (χ0v) is 14.8. The molecule has 2 aromatic heterocycles. The summed E-state index contributed by atoms with van der Waals surface area (Å²) in [6.07, 6.45) is 1.24. The molecule has 0 saturated carbocycles. The van der Waals surface area contributed by atoms with Crippen molar-refractivity contribution in [2.24, 2.45) is 0 Å². The average molecular weight is 366 g/mol. The van der Waals surface area contributed by atoms with Gasteiger partial charge in [0.15, 0.2) is 5.69 Å². The Morgan fingerprint density at radius 3 is 2.78 bits per heavy atom. The van der Waals surface area contributed by atoms with Gasteiger partial charge in [0.05, 0.1) is 30.9 Å². The Morgan fingerprint density at radius 2 is 2.00 bits per heavy atom. The van der Waals surface area contributed by atoms with Crippen molar-refractivity contribution in [2.45, 2.75) is 19.7 Å². The third-order valence-corrected chi connectivity index (χ3v) is 4.50. The molecular formula is C19H18N4O4. The number of pyridine rings is 1. The van der Waals surface area contributed by atoms with Gasteiger partial charge in [-0.25, -0.2) is 19.6 Å². The summed E-state index contributed by atoms with van der Waals surface area (Å²) in [5.74, 6) is 0.228. The van der Waals surface area contributed by atoms with Gasteiger partial charge in [0, 0.05) is 13.1 Å². The number of amides is 1. The van der Waals surface area contributed by atoms with Crippen molar-refractivity contribution < 1.29 is 19.1 Å². The Morgan fingerprint density at radius 1 is 1.19 bits per heavy atom. The van der Waals surface area contributed by atoms with E-state index in [1.165, 1.54) is 7.11 Å². The lowest BCUT2D eigenvalue weighted by Crippen LogP contribution is -2.38. The number of rotatable bonds is 3. The first kappa shape index (κ1) is 17.0. The highest BCUT2D eigenvalue weighted by atomic mass is 16.6. The van der Waals surface area contributed by atoms with E-state index in [4.69, 9.17) is 9.47 Å². The molecule has 0 aliphatic carbocycles. The van der Waals surface area contributed by atoms with E-state index in [9.17, 15) is 9.59 Å². The molecule has 1 aliphatic rings. The van der Waals surface area contributed by atoms with Crippen LogP contribution >= 0.6 is 0 Å². The molecule has 1 aliphatic heterocycles. The van der Waals surface area contributed by atoms with Gasteiger partial charge in [-0.3, -0.25) is 4.90 Å². The standard InChI is InChI=1S/C19H18N4O4/c1-26-18(24)15-9-14-16(10-20-15)23-8-7-22(11-17(23)21-14)19(25)27-12-13-5-3-2-4-6-13/h2-6,9-10H,7-8,11-12H2,1H3. The highest BCUT2D eigenvalue weighted by molar-refractivity contribution is 5.91. The van der Waals surface area contributed by atoms with E-state index >= 15 is 0 Å². The highest BCUT2D eigenvalue weighted by Gasteiger charge is 2.25. The Hall–Kier alpha value is -3.42. The molecule has 0 N–H and O–H groups in total. The first-order valence-corrected chi connectivity index (χ1v) is 8.55. The van der Waals surface area contributed by atoms with Crippen molar-refractivity contribution >= 4 is 23.1 Å². The maximum absolute atomic E-state index is 12.4. The third-order valence-electron chi connectivity index (χ3n) is 4.50. The maximum atomic E-state index is 12.4. The van der Waals surface area contributed by atoms with Crippen LogP contribution in [0.3, 0.4) is 0 Å². The molecule has 0 fully saturated rings. The lowest BCUT2D eigenvalue weighted by atomic mass is 10.2. The van der Waals surface area contributed by atoms with Crippen LogP contribution in [0.4, 0.5) is 4.79 Å². The number of esters is 1. The molecule has 3 heterocycles. The molecular weight excluding hydrogens is 348 g/mol. The van der Waals surface area contributed by atoms with Crippen LogP contribution in [0.5, 0.6) is 0 Å². The number of methoxy groups -OCH3 is 1. The van der Waals surface area contributed by atoms with Gasteiger partial charge < -0.3 is 14.0 Å². The Balaban J connectivity index is 1.49. The molecule has 0 saturated heterocycles. The molecule has 8 heteroatoms. The highest BCUT2D eigenvalue weighted by Crippen LogP contribution is 2.21. The summed E-state index contributed by atoms with van der Waals surface area (Å²) in [5, 5.41) is 0. The smallest absolute Gasteiger partial charge is 0.410 e. The predicted molar refractivity (Wildman–Crippen MR) is 95.9 cm³/mol. The lowest BCUT2D eigenvalue weighted by Gasteiger charge is -2.27. The van der Waals surface area contributed by atoms with E-state index in [0.29, 0.717) is 25.2 Å². The number of hydrogen-bond donors (Lipinski definition) is 0. The van der Waals surface area contributed by atoms with E-state index in [1.807, 2.05) is 34.9 Å². The normalized spacial score (nSPS) is 13.3. The molecule has 0 bridgehead atoms. The van der Waals surface area contributed by atoms with Gasteiger partial charge in [-0.15, -0.1) is 0 Å². The first-order chi connectivity index (χ1) is 13.2. The molecule has 27 heavy (non-hydrogen) atoms. The zero-order valence-electron chi connectivity index (χ0n) is 14.8. The van der Waals surface area contributed by atoms with Crippen LogP contribution in [0.25, 0.3) is 11.0 Å². The molecule has 138 valence electrons. The van der Waals surface area contributed by atoms with Gasteiger partial charge in [-0.05, 0) is 11.6 Å². The van der Waals surface area contributed by atoms with Gasteiger partial charge in [0.25, 0.3) is 0 Å². The molecule has 0 spiro atoms. The number of aromatic nitrogens is 3. The Labute approximate surface area is 155 Å². The fourth-order valence-corrected chi connectivity index (χ4v) is 3.10. The largest absolute Gasteiger partial charge is 0.464 e. The SMILES string of the molecule is COC(=O)c1cc2nc3n(c2cn1)CCN(C(=O)OCc1ccccc1)C3. The summed E-state index contributed by atoms with van der Waals surface area (Å²) in [4.78, 5) is 34.3. The molecule has 1 aromatic carbocycles. The molecule has 0 radical (unpaired) electrons. The van der Waals surface area contributed by atoms with E-state index in [1.54, 1.807) is 17.2 Å². The summed E-state index contributed by atoms with van der Waals surface area (Å²) in [6.45, 7) is 1.69. The lowest BCUT2D eigenvalue weighted by molar-refractivity contribution is 0.0594. The van der Waals surface area contributed by atoms with Crippen molar-refractivity contribution in [3.63, 3.8) is 0 Å². The Bertz CT molecular complexity index is 1000. The molecule has 3 aromatic rings. The number of ether oxygens (including phenoxy) is 2. The fourth-order valence-electron chi connectivity index (χ4n) is 3.10. The summed E-state index contributed by atoms with van der Waals surface area (Å²) >= 11 is 0. The summed E-state index contributed by atoms with van der Waals surface area (Å²) in [5.41, 5.74) is 2.63. The van der Waals surface area contributed by atoms with Gasteiger partial charge in [0.1, 0.15) is 12.4 Å². The van der Waals surface area contributed by atoms with Gasteiger partial charge in [-0.2, -0.15) is 0 Å². The molecule has 4 rings (SSSR count). The molecule has 8 nitrogen and oxygen atoms in total. The summed E-state index contributed by atoms with van der Waals surface area (Å²) in [7, 11) is 1.31. The van der Waals surface area contributed by atoms with Crippen LogP contribution in [-0.2, 0) is 29.2 Å². The van der Waals surface area contributed by atoms with Crippen LogP contribution in [0.15, 0.2) is 42.6 Å². The van der Waals surface area contributed by atoms with Crippen LogP contribution in [0.1, 0.15) is 21.9 Å². The minimum absolute atomic E-state index is 0.208. The number of nitrogens with zero attached hydrogens (tertiary/aromatic N) is 4. The van der Waals surface area contributed by atoms with Crippen molar-refractivity contribution in [2.75, 3.05) is 13.7 Å². The second-order valence-electron chi connectivity index (χ2n) is 6.19. The Kier molecular flexibility index (Phi) is 4.45. The zero-order chi connectivity index (χ0) is 18.8. The van der Waals surface area contributed by atoms with Gasteiger partial charge >= 0.3 is 12.1 Å². The molecule has 0 atom stereocenters. The van der Waals surface area contributed by atoms with Crippen molar-refractivity contribution in [1.29, 1.82) is 0 Å². The number of fused-ring (bicyclic) bond motifs is 3. The second-order valence-corrected chi connectivity index (χ2v) is 6.19. The van der Waals surface area contributed by atoms with Crippen molar-refractivity contribution in [3.8, 4) is 0 Å². The van der Waals surface area contributed by atoms with E-state index < -0.39 is 5.97 Å². The fraction of sp³-hybridized carbons (Fsp3) is 0.263.